The number of hydrogen-bond acceptors (Lipinski definition) is 3. The van der Waals surface area contributed by atoms with Crippen molar-refractivity contribution < 1.29 is 14.4 Å². The van der Waals surface area contributed by atoms with Crippen molar-refractivity contribution in [2.75, 3.05) is 0 Å². The van der Waals surface area contributed by atoms with Crippen molar-refractivity contribution in [1.29, 1.82) is 0 Å². The predicted octanol–water partition coefficient (Wildman–Crippen LogP) is 3.06. The molecule has 120 valence electrons. The molecule has 0 fully saturated rings. The van der Waals surface area contributed by atoms with Crippen molar-refractivity contribution in [2.45, 2.75) is 66.3 Å². The molecule has 0 heterocycles. The molecule has 4 nitrogen and oxygen atoms in total. The van der Waals surface area contributed by atoms with Gasteiger partial charge in [-0.3, -0.25) is 14.4 Å². The summed E-state index contributed by atoms with van der Waals surface area (Å²) in [6, 6.07) is -0.610. The van der Waals surface area contributed by atoms with Crippen molar-refractivity contribution >= 4 is 18.0 Å². The molecular weight excluding hydrogens is 266 g/mol. The maximum Gasteiger partial charge on any atom is 0.207 e. The van der Waals surface area contributed by atoms with E-state index in [1.165, 1.54) is 0 Å². The van der Waals surface area contributed by atoms with Crippen molar-refractivity contribution in [1.82, 2.24) is 5.32 Å². The van der Waals surface area contributed by atoms with Crippen molar-refractivity contribution in [3.8, 4) is 0 Å². The van der Waals surface area contributed by atoms with Crippen LogP contribution < -0.4 is 5.32 Å². The highest BCUT2D eigenvalue weighted by atomic mass is 16.1. The summed E-state index contributed by atoms with van der Waals surface area (Å²) in [4.78, 5) is 34.9. The van der Waals surface area contributed by atoms with E-state index in [4.69, 9.17) is 0 Å². The minimum absolute atomic E-state index is 0.0908. The molecule has 0 aromatic carbocycles. The van der Waals surface area contributed by atoms with Crippen molar-refractivity contribution in [2.24, 2.45) is 11.3 Å². The third kappa shape index (κ3) is 6.69. The first-order valence-electron chi connectivity index (χ1n) is 7.57. The first-order valence-corrected chi connectivity index (χ1v) is 7.57. The molecule has 1 amide bonds. The third-order valence-corrected chi connectivity index (χ3v) is 3.69. The Morgan fingerprint density at radius 1 is 1.29 bits per heavy atom. The highest BCUT2D eigenvalue weighted by Crippen LogP contribution is 2.25. The number of ketones is 2. The first kappa shape index (κ1) is 19.6. The molecule has 21 heavy (non-hydrogen) atoms. The molecule has 0 aliphatic heterocycles. The van der Waals surface area contributed by atoms with Crippen LogP contribution in [0.5, 0.6) is 0 Å². The van der Waals surface area contributed by atoms with Gasteiger partial charge in [0.25, 0.3) is 0 Å². The molecule has 1 N–H and O–H groups in total. The lowest BCUT2D eigenvalue weighted by Gasteiger charge is -2.30. The van der Waals surface area contributed by atoms with Gasteiger partial charge in [-0.15, -0.1) is 0 Å². The zero-order valence-corrected chi connectivity index (χ0v) is 14.0. The summed E-state index contributed by atoms with van der Waals surface area (Å²) in [6.45, 7) is 13.1. The summed E-state index contributed by atoms with van der Waals surface area (Å²) in [5.74, 6) is -0.247. The van der Waals surface area contributed by atoms with Crippen LogP contribution in [-0.2, 0) is 14.4 Å². The Bertz CT molecular complexity index is 393. The molecule has 4 heteroatoms. The van der Waals surface area contributed by atoms with Gasteiger partial charge < -0.3 is 5.32 Å². The normalized spacial score (nSPS) is 14.1. The Morgan fingerprint density at radius 2 is 1.86 bits per heavy atom. The van der Waals surface area contributed by atoms with Crippen LogP contribution in [0.4, 0.5) is 0 Å². The van der Waals surface area contributed by atoms with E-state index in [1.807, 2.05) is 20.8 Å². The molecule has 0 saturated heterocycles. The van der Waals surface area contributed by atoms with Crippen LogP contribution in [0.2, 0.25) is 0 Å². The SMILES string of the molecule is C=C(C[C@@H](CCCC)C(C)=O)C(=O)[C@@H](NC=O)C(C)(C)C. The Kier molecular flexibility index (Phi) is 8.15. The average molecular weight is 295 g/mol. The Hall–Kier alpha value is -1.45. The zero-order valence-electron chi connectivity index (χ0n) is 14.0. The van der Waals surface area contributed by atoms with E-state index in [2.05, 4.69) is 18.8 Å². The van der Waals surface area contributed by atoms with Gasteiger partial charge in [0.05, 0.1) is 6.04 Å². The molecule has 0 bridgehead atoms. The van der Waals surface area contributed by atoms with Gasteiger partial charge in [-0.2, -0.15) is 0 Å². The highest BCUT2D eigenvalue weighted by Gasteiger charge is 2.32. The van der Waals surface area contributed by atoms with E-state index in [0.29, 0.717) is 18.4 Å². The third-order valence-electron chi connectivity index (χ3n) is 3.69. The first-order chi connectivity index (χ1) is 9.65. The van der Waals surface area contributed by atoms with Crippen LogP contribution in [-0.4, -0.2) is 24.0 Å². The molecule has 0 saturated carbocycles. The lowest BCUT2D eigenvalue weighted by Crippen LogP contribution is -2.46. The van der Waals surface area contributed by atoms with Gasteiger partial charge in [0.2, 0.25) is 6.41 Å². The van der Waals surface area contributed by atoms with Gasteiger partial charge >= 0.3 is 0 Å². The Labute approximate surface area is 128 Å². The molecule has 2 atom stereocenters. The predicted molar refractivity (Wildman–Crippen MR) is 84.9 cm³/mol. The number of Topliss-reactive ketones (excluding diaryl/α,β-unsaturated/α-hetero) is 2. The second-order valence-electron chi connectivity index (χ2n) is 6.71. The van der Waals surface area contributed by atoms with Crippen molar-refractivity contribution in [3.05, 3.63) is 12.2 Å². The molecule has 0 unspecified atom stereocenters. The molecule has 0 aliphatic rings. The van der Waals surface area contributed by atoms with E-state index in [-0.39, 0.29) is 17.5 Å². The molecule has 0 aliphatic carbocycles. The monoisotopic (exact) mass is 295 g/mol. The fourth-order valence-corrected chi connectivity index (χ4v) is 2.29. The topological polar surface area (TPSA) is 63.2 Å². The van der Waals surface area contributed by atoms with Gasteiger partial charge in [-0.05, 0) is 30.8 Å². The second-order valence-corrected chi connectivity index (χ2v) is 6.71. The molecule has 0 radical (unpaired) electrons. The van der Waals surface area contributed by atoms with E-state index < -0.39 is 11.5 Å². The van der Waals surface area contributed by atoms with E-state index >= 15 is 0 Å². The fourth-order valence-electron chi connectivity index (χ4n) is 2.29. The fraction of sp³-hybridized carbons (Fsp3) is 0.706. The summed E-state index contributed by atoms with van der Waals surface area (Å²) < 4.78 is 0. The number of hydrogen-bond donors (Lipinski definition) is 1. The molecular formula is C17H29NO3. The highest BCUT2D eigenvalue weighted by molar-refractivity contribution is 6.00. The van der Waals surface area contributed by atoms with E-state index in [9.17, 15) is 14.4 Å². The summed E-state index contributed by atoms with van der Waals surface area (Å²) in [7, 11) is 0. The smallest absolute Gasteiger partial charge is 0.207 e. The van der Waals surface area contributed by atoms with Crippen LogP contribution in [0, 0.1) is 11.3 Å². The van der Waals surface area contributed by atoms with E-state index in [0.717, 1.165) is 19.3 Å². The van der Waals surface area contributed by atoms with Gasteiger partial charge in [0.1, 0.15) is 5.78 Å². The molecule has 0 rings (SSSR count). The minimum Gasteiger partial charge on any atom is -0.348 e. The summed E-state index contributed by atoms with van der Waals surface area (Å²) in [6.07, 6.45) is 3.67. The molecule has 0 aromatic rings. The van der Waals surface area contributed by atoms with Gasteiger partial charge in [0, 0.05) is 5.92 Å². The van der Waals surface area contributed by atoms with Gasteiger partial charge in [-0.1, -0.05) is 47.1 Å². The summed E-state index contributed by atoms with van der Waals surface area (Å²) in [5.41, 5.74) is 0.0244. The van der Waals surface area contributed by atoms with Gasteiger partial charge in [-0.25, -0.2) is 0 Å². The maximum absolute atomic E-state index is 12.5. The maximum atomic E-state index is 12.5. The number of carbonyl (C=O) groups excluding carboxylic acids is 3. The Morgan fingerprint density at radius 3 is 2.24 bits per heavy atom. The quantitative estimate of drug-likeness (QED) is 0.497. The Balaban J connectivity index is 4.91. The van der Waals surface area contributed by atoms with Crippen LogP contribution in [0.1, 0.15) is 60.3 Å². The number of amides is 1. The molecule has 0 spiro atoms. The standard InChI is InChI=1S/C17H29NO3/c1-7-8-9-14(13(3)20)10-12(2)15(21)16(18-11-19)17(4,5)6/h11,14,16H,2,7-10H2,1,3-6H3,(H,18,19)/t14-,16-/m1/s1. The number of nitrogens with one attached hydrogen (secondary N) is 1. The van der Waals surface area contributed by atoms with Crippen molar-refractivity contribution in [3.63, 3.8) is 0 Å². The van der Waals surface area contributed by atoms with Gasteiger partial charge in [0.15, 0.2) is 5.78 Å². The minimum atomic E-state index is -0.610. The number of carbonyl (C=O) groups is 3. The van der Waals surface area contributed by atoms with Crippen LogP contribution in [0.25, 0.3) is 0 Å². The largest absolute Gasteiger partial charge is 0.348 e. The number of unbranched alkanes of at least 4 members (excludes halogenated alkanes) is 1. The zero-order chi connectivity index (χ0) is 16.6. The lowest BCUT2D eigenvalue weighted by molar-refractivity contribution is -0.124. The van der Waals surface area contributed by atoms with Crippen LogP contribution in [0.15, 0.2) is 12.2 Å². The van der Waals surface area contributed by atoms with Crippen LogP contribution in [0.3, 0.4) is 0 Å². The number of rotatable bonds is 10. The lowest BCUT2D eigenvalue weighted by atomic mass is 9.80. The second kappa shape index (κ2) is 8.75. The summed E-state index contributed by atoms with van der Waals surface area (Å²) in [5, 5.41) is 2.57. The summed E-state index contributed by atoms with van der Waals surface area (Å²) >= 11 is 0. The average Bonchev–Trinajstić information content (AvgIpc) is 2.38. The molecule has 0 aromatic heterocycles. The van der Waals surface area contributed by atoms with Crippen LogP contribution >= 0.6 is 0 Å². The van der Waals surface area contributed by atoms with E-state index in [1.54, 1.807) is 6.92 Å².